The first kappa shape index (κ1) is 14.7. The summed E-state index contributed by atoms with van der Waals surface area (Å²) in [5.74, 6) is -0.941. The molecule has 0 aromatic rings. The predicted molar refractivity (Wildman–Crippen MR) is 62.8 cm³/mol. The van der Waals surface area contributed by atoms with Gasteiger partial charge in [-0.05, 0) is 20.8 Å². The summed E-state index contributed by atoms with van der Waals surface area (Å²) in [5, 5.41) is 2.62. The number of hydrogen-bond acceptors (Lipinski definition) is 3. The molecule has 0 heterocycles. The van der Waals surface area contributed by atoms with E-state index in [1.165, 1.54) is 0 Å². The molecule has 1 unspecified atom stereocenters. The molecule has 0 aliphatic carbocycles. The van der Waals surface area contributed by atoms with Crippen molar-refractivity contribution >= 4 is 11.9 Å². The van der Waals surface area contributed by atoms with Gasteiger partial charge in [-0.2, -0.15) is 0 Å². The Labute approximate surface area is 97.1 Å². The van der Waals surface area contributed by atoms with E-state index in [2.05, 4.69) is 11.9 Å². The maximum Gasteiger partial charge on any atom is 0.309 e. The van der Waals surface area contributed by atoms with Gasteiger partial charge in [-0.1, -0.05) is 13.0 Å². The van der Waals surface area contributed by atoms with E-state index in [9.17, 15) is 9.59 Å². The molecule has 1 amide bonds. The Morgan fingerprint density at radius 1 is 1.44 bits per heavy atom. The summed E-state index contributed by atoms with van der Waals surface area (Å²) in [7, 11) is 0. The highest BCUT2D eigenvalue weighted by Gasteiger charge is 2.23. The number of carbonyl (C=O) groups excluding carboxylic acids is 2. The third-order valence-corrected chi connectivity index (χ3v) is 1.74. The van der Waals surface area contributed by atoms with E-state index in [-0.39, 0.29) is 18.3 Å². The summed E-state index contributed by atoms with van der Waals surface area (Å²) in [5.41, 5.74) is -0.511. The van der Waals surface area contributed by atoms with Crippen molar-refractivity contribution in [3.05, 3.63) is 12.7 Å². The van der Waals surface area contributed by atoms with Crippen LogP contribution in [0.5, 0.6) is 0 Å². The summed E-state index contributed by atoms with van der Waals surface area (Å²) in [6, 6.07) is 0. The first-order chi connectivity index (χ1) is 7.26. The van der Waals surface area contributed by atoms with Crippen molar-refractivity contribution < 1.29 is 14.3 Å². The molecule has 0 aliphatic rings. The topological polar surface area (TPSA) is 55.4 Å². The monoisotopic (exact) mass is 227 g/mol. The number of carbonyl (C=O) groups is 2. The van der Waals surface area contributed by atoms with Crippen molar-refractivity contribution in [3.8, 4) is 0 Å². The van der Waals surface area contributed by atoms with Crippen molar-refractivity contribution in [3.63, 3.8) is 0 Å². The second-order valence-electron chi connectivity index (χ2n) is 4.73. The van der Waals surface area contributed by atoms with Crippen LogP contribution in [0.2, 0.25) is 0 Å². The molecule has 4 nitrogen and oxygen atoms in total. The molecule has 0 rings (SSSR count). The van der Waals surface area contributed by atoms with Gasteiger partial charge >= 0.3 is 5.97 Å². The molecule has 0 aromatic carbocycles. The zero-order valence-electron chi connectivity index (χ0n) is 10.5. The molecule has 0 aliphatic heterocycles. The van der Waals surface area contributed by atoms with Crippen LogP contribution in [0, 0.1) is 5.92 Å². The van der Waals surface area contributed by atoms with Gasteiger partial charge in [0.05, 0.1) is 5.92 Å². The van der Waals surface area contributed by atoms with Crippen molar-refractivity contribution in [2.24, 2.45) is 5.92 Å². The maximum atomic E-state index is 11.5. The Balaban J connectivity index is 4.05. The SMILES string of the molecule is C=CCNC(=O)CC(C)C(=O)OC(C)(C)C. The zero-order valence-corrected chi connectivity index (χ0v) is 10.5. The van der Waals surface area contributed by atoms with Gasteiger partial charge in [0.2, 0.25) is 5.91 Å². The van der Waals surface area contributed by atoms with Crippen molar-refractivity contribution in [1.82, 2.24) is 5.32 Å². The first-order valence-electron chi connectivity index (χ1n) is 5.36. The quantitative estimate of drug-likeness (QED) is 0.574. The van der Waals surface area contributed by atoms with Crippen LogP contribution in [-0.4, -0.2) is 24.0 Å². The Morgan fingerprint density at radius 2 is 2.00 bits per heavy atom. The summed E-state index contributed by atoms with van der Waals surface area (Å²) in [6.45, 7) is 11.0. The summed E-state index contributed by atoms with van der Waals surface area (Å²) < 4.78 is 5.17. The molecule has 16 heavy (non-hydrogen) atoms. The van der Waals surface area contributed by atoms with Gasteiger partial charge in [0.15, 0.2) is 0 Å². The van der Waals surface area contributed by atoms with Gasteiger partial charge in [-0.15, -0.1) is 6.58 Å². The minimum atomic E-state index is -0.511. The number of amides is 1. The predicted octanol–water partition coefficient (Wildman–Crippen LogP) is 1.66. The van der Waals surface area contributed by atoms with Crippen molar-refractivity contribution in [2.75, 3.05) is 6.54 Å². The lowest BCUT2D eigenvalue weighted by atomic mass is 10.1. The molecule has 0 bridgehead atoms. The van der Waals surface area contributed by atoms with Crippen LogP contribution in [0.3, 0.4) is 0 Å². The molecule has 0 radical (unpaired) electrons. The molecule has 0 fully saturated rings. The fourth-order valence-electron chi connectivity index (χ4n) is 1.02. The Kier molecular flexibility index (Phi) is 5.78. The van der Waals surface area contributed by atoms with Crippen molar-refractivity contribution in [2.45, 2.75) is 39.7 Å². The highest BCUT2D eigenvalue weighted by Crippen LogP contribution is 2.13. The fraction of sp³-hybridized carbons (Fsp3) is 0.667. The van der Waals surface area contributed by atoms with E-state index in [4.69, 9.17) is 4.74 Å². The van der Waals surface area contributed by atoms with E-state index >= 15 is 0 Å². The minimum Gasteiger partial charge on any atom is -0.460 e. The van der Waals surface area contributed by atoms with E-state index in [0.29, 0.717) is 6.54 Å². The van der Waals surface area contributed by atoms with Crippen LogP contribution < -0.4 is 5.32 Å². The van der Waals surface area contributed by atoms with Crippen LogP contribution in [0.15, 0.2) is 12.7 Å². The number of ether oxygens (including phenoxy) is 1. The third-order valence-electron chi connectivity index (χ3n) is 1.74. The van der Waals surface area contributed by atoms with Gasteiger partial charge in [-0.3, -0.25) is 9.59 Å². The summed E-state index contributed by atoms with van der Waals surface area (Å²) in [4.78, 5) is 22.9. The number of esters is 1. The number of rotatable bonds is 5. The molecule has 4 heteroatoms. The second kappa shape index (κ2) is 6.30. The minimum absolute atomic E-state index is 0.142. The molecule has 1 atom stereocenters. The van der Waals surface area contributed by atoms with Gasteiger partial charge in [0.25, 0.3) is 0 Å². The van der Waals surface area contributed by atoms with Crippen LogP contribution in [0.1, 0.15) is 34.1 Å². The Morgan fingerprint density at radius 3 is 2.44 bits per heavy atom. The first-order valence-corrected chi connectivity index (χ1v) is 5.36. The smallest absolute Gasteiger partial charge is 0.309 e. The molecule has 0 spiro atoms. The van der Waals surface area contributed by atoms with Crippen molar-refractivity contribution in [1.29, 1.82) is 0 Å². The molecule has 0 saturated carbocycles. The Hall–Kier alpha value is -1.32. The van der Waals surface area contributed by atoms with Gasteiger partial charge in [0, 0.05) is 13.0 Å². The molecule has 0 aromatic heterocycles. The molecular weight excluding hydrogens is 206 g/mol. The third kappa shape index (κ3) is 7.04. The summed E-state index contributed by atoms with van der Waals surface area (Å²) >= 11 is 0. The fourth-order valence-corrected chi connectivity index (χ4v) is 1.02. The maximum absolute atomic E-state index is 11.5. The molecule has 92 valence electrons. The number of hydrogen-bond donors (Lipinski definition) is 1. The van der Waals surface area contributed by atoms with Gasteiger partial charge in [0.1, 0.15) is 5.60 Å². The van der Waals surface area contributed by atoms with Crippen LogP contribution in [0.4, 0.5) is 0 Å². The largest absolute Gasteiger partial charge is 0.460 e. The van der Waals surface area contributed by atoms with Gasteiger partial charge in [-0.25, -0.2) is 0 Å². The molecule has 1 N–H and O–H groups in total. The highest BCUT2D eigenvalue weighted by molar-refractivity contribution is 5.82. The normalized spacial score (nSPS) is 12.8. The van der Waals surface area contributed by atoms with E-state index in [1.807, 2.05) is 0 Å². The van der Waals surface area contributed by atoms with Gasteiger partial charge < -0.3 is 10.1 Å². The van der Waals surface area contributed by atoms with E-state index < -0.39 is 11.5 Å². The van der Waals surface area contributed by atoms with Crippen LogP contribution in [0.25, 0.3) is 0 Å². The number of nitrogens with one attached hydrogen (secondary N) is 1. The van der Waals surface area contributed by atoms with Crippen LogP contribution in [-0.2, 0) is 14.3 Å². The lowest BCUT2D eigenvalue weighted by molar-refractivity contribution is -0.160. The lowest BCUT2D eigenvalue weighted by Crippen LogP contribution is -2.31. The standard InChI is InChI=1S/C12H21NO3/c1-6-7-13-10(14)8-9(2)11(15)16-12(3,4)5/h6,9H,1,7-8H2,2-5H3,(H,13,14). The highest BCUT2D eigenvalue weighted by atomic mass is 16.6. The second-order valence-corrected chi connectivity index (χ2v) is 4.73. The average molecular weight is 227 g/mol. The lowest BCUT2D eigenvalue weighted by Gasteiger charge is -2.22. The van der Waals surface area contributed by atoms with E-state index in [1.54, 1.807) is 33.8 Å². The zero-order chi connectivity index (χ0) is 12.8. The summed E-state index contributed by atoms with van der Waals surface area (Å²) in [6.07, 6.45) is 1.73. The van der Waals surface area contributed by atoms with E-state index in [0.717, 1.165) is 0 Å². The average Bonchev–Trinajstić information content (AvgIpc) is 2.11. The Bertz CT molecular complexity index is 266. The molecular formula is C12H21NO3. The molecule has 0 saturated heterocycles. The van der Waals surface area contributed by atoms with Crippen LogP contribution >= 0.6 is 0 Å².